The molecule has 2 fully saturated rings. The quantitative estimate of drug-likeness (QED) is 0.445. The molecule has 2 aliphatic rings. The average molecular weight is 530 g/mol. The Morgan fingerprint density at radius 2 is 1.97 bits per heavy atom. The lowest BCUT2D eigenvalue weighted by atomic mass is 10.1. The average Bonchev–Trinajstić information content (AvgIpc) is 3.45. The van der Waals surface area contributed by atoms with Crippen LogP contribution >= 0.6 is 22.9 Å². The van der Waals surface area contributed by atoms with E-state index in [-0.39, 0.29) is 35.2 Å². The molecule has 36 heavy (non-hydrogen) atoms. The number of rotatable bonds is 8. The van der Waals surface area contributed by atoms with E-state index in [1.165, 1.54) is 34.1 Å². The van der Waals surface area contributed by atoms with Crippen molar-refractivity contribution in [3.05, 3.63) is 80.1 Å². The van der Waals surface area contributed by atoms with Gasteiger partial charge in [0.05, 0.1) is 32.7 Å². The molecule has 0 unspecified atom stereocenters. The molecule has 2 heterocycles. The number of hydrogen-bond donors (Lipinski definition) is 2. The van der Waals surface area contributed by atoms with E-state index in [2.05, 4.69) is 10.6 Å². The molecule has 0 radical (unpaired) electrons. The summed E-state index contributed by atoms with van der Waals surface area (Å²) in [4.78, 5) is 38.3. The lowest BCUT2D eigenvalue weighted by Gasteiger charge is -2.21. The first-order valence-electron chi connectivity index (χ1n) is 11.8. The Morgan fingerprint density at radius 1 is 1.14 bits per heavy atom. The van der Waals surface area contributed by atoms with Gasteiger partial charge < -0.3 is 15.4 Å². The van der Waals surface area contributed by atoms with Crippen LogP contribution in [0.15, 0.2) is 59.5 Å². The van der Waals surface area contributed by atoms with Crippen LogP contribution in [0, 0.1) is 17.7 Å². The van der Waals surface area contributed by atoms with E-state index in [0.29, 0.717) is 40.3 Å². The summed E-state index contributed by atoms with van der Waals surface area (Å²) in [5, 5.41) is 5.66. The number of carbonyl (C=O) groups is 2. The number of halogens is 2. The molecule has 2 saturated carbocycles. The molecule has 0 saturated heterocycles. The molecular weight excluding hydrogens is 505 g/mol. The molecule has 2 aliphatic carbocycles. The van der Waals surface area contributed by atoms with Gasteiger partial charge in [-0.2, -0.15) is 0 Å². The molecule has 3 atom stereocenters. The summed E-state index contributed by atoms with van der Waals surface area (Å²) in [7, 11) is 0. The van der Waals surface area contributed by atoms with Gasteiger partial charge in [-0.15, -0.1) is 11.3 Å². The van der Waals surface area contributed by atoms with Crippen molar-refractivity contribution in [2.24, 2.45) is 11.8 Å². The van der Waals surface area contributed by atoms with Gasteiger partial charge in [-0.1, -0.05) is 17.7 Å². The highest BCUT2D eigenvalue weighted by molar-refractivity contribution is 7.18. The molecular formula is C26H25ClFN3O4S. The number of amides is 2. The van der Waals surface area contributed by atoms with E-state index >= 15 is 0 Å². The normalized spacial score (nSPS) is 21.3. The minimum Gasteiger partial charge on any atom is -0.376 e. The first-order chi connectivity index (χ1) is 17.4. The molecule has 2 amide bonds. The summed E-state index contributed by atoms with van der Waals surface area (Å²) < 4.78 is 22.8. The van der Waals surface area contributed by atoms with Crippen LogP contribution in [0.4, 0.5) is 10.1 Å². The van der Waals surface area contributed by atoms with E-state index < -0.39 is 11.7 Å². The van der Waals surface area contributed by atoms with Crippen LogP contribution in [-0.2, 0) is 9.53 Å². The molecule has 5 rings (SSSR count). The van der Waals surface area contributed by atoms with Gasteiger partial charge in [0.25, 0.3) is 11.5 Å². The maximum atomic E-state index is 14.8. The Balaban J connectivity index is 1.26. The van der Waals surface area contributed by atoms with Gasteiger partial charge in [-0.05, 0) is 61.9 Å². The number of ether oxygens (including phenoxy) is 1. The maximum Gasteiger partial charge on any atom is 0.261 e. The van der Waals surface area contributed by atoms with Gasteiger partial charge in [-0.3, -0.25) is 19.0 Å². The van der Waals surface area contributed by atoms with Gasteiger partial charge in [0.1, 0.15) is 5.82 Å². The Labute approximate surface area is 216 Å². The van der Waals surface area contributed by atoms with Crippen molar-refractivity contribution in [3.63, 3.8) is 0 Å². The number of nitrogens with zero attached hydrogens (tertiary/aromatic N) is 1. The van der Waals surface area contributed by atoms with Crippen molar-refractivity contribution in [2.75, 3.05) is 11.9 Å². The number of hydrogen-bond acceptors (Lipinski definition) is 5. The highest BCUT2D eigenvalue weighted by atomic mass is 35.5. The fourth-order valence-corrected chi connectivity index (χ4v) is 5.35. The third-order valence-electron chi connectivity index (χ3n) is 6.54. The van der Waals surface area contributed by atoms with Gasteiger partial charge >= 0.3 is 0 Å². The second-order valence-corrected chi connectivity index (χ2v) is 10.9. The number of carbonyl (C=O) groups excluding carboxylic acids is 2. The lowest BCUT2D eigenvalue weighted by Crippen LogP contribution is -2.41. The molecule has 2 aromatic heterocycles. The van der Waals surface area contributed by atoms with Crippen molar-refractivity contribution in [1.82, 2.24) is 9.88 Å². The monoisotopic (exact) mass is 529 g/mol. The first kappa shape index (κ1) is 24.7. The zero-order chi connectivity index (χ0) is 25.2. The van der Waals surface area contributed by atoms with Crippen LogP contribution in [0.2, 0.25) is 4.34 Å². The largest absolute Gasteiger partial charge is 0.376 e. The highest BCUT2D eigenvalue weighted by Gasteiger charge is 2.40. The predicted octanol–water partition coefficient (Wildman–Crippen LogP) is 4.63. The Morgan fingerprint density at radius 3 is 2.67 bits per heavy atom. The van der Waals surface area contributed by atoms with E-state index in [1.54, 1.807) is 36.5 Å². The SMILES string of the molecule is O=C(N[C@H]1C[C@H](C(=O)Nc2ccc(-n3ccccc3=O)cc2F)C[C@@H]1OCC1CC1)c1ccc(Cl)s1. The molecule has 10 heteroatoms. The Kier molecular flexibility index (Phi) is 7.22. The van der Waals surface area contributed by atoms with Gasteiger partial charge in [0.2, 0.25) is 5.91 Å². The summed E-state index contributed by atoms with van der Waals surface area (Å²) in [6.07, 6.45) is 4.31. The topological polar surface area (TPSA) is 89.4 Å². The number of thiophene rings is 1. The van der Waals surface area contributed by atoms with Gasteiger partial charge in [0, 0.05) is 30.9 Å². The maximum absolute atomic E-state index is 14.8. The van der Waals surface area contributed by atoms with Gasteiger partial charge in [-0.25, -0.2) is 4.39 Å². The van der Waals surface area contributed by atoms with Gasteiger partial charge in [0.15, 0.2) is 0 Å². The van der Waals surface area contributed by atoms with Crippen LogP contribution in [-0.4, -0.2) is 35.1 Å². The van der Waals surface area contributed by atoms with Crippen LogP contribution in [0.3, 0.4) is 0 Å². The zero-order valence-corrected chi connectivity index (χ0v) is 20.9. The minimum atomic E-state index is -0.643. The molecule has 3 aromatic rings. The summed E-state index contributed by atoms with van der Waals surface area (Å²) in [5.74, 6) is -1.15. The number of benzene rings is 1. The van der Waals surface area contributed by atoms with Crippen molar-refractivity contribution < 1.29 is 18.7 Å². The molecule has 0 bridgehead atoms. The summed E-state index contributed by atoms with van der Waals surface area (Å²) in [6, 6.07) is 11.9. The predicted molar refractivity (Wildman–Crippen MR) is 136 cm³/mol. The van der Waals surface area contributed by atoms with E-state index in [4.69, 9.17) is 16.3 Å². The van der Waals surface area contributed by atoms with Crippen molar-refractivity contribution in [3.8, 4) is 5.69 Å². The highest BCUT2D eigenvalue weighted by Crippen LogP contribution is 2.34. The molecule has 2 N–H and O–H groups in total. The van der Waals surface area contributed by atoms with E-state index in [0.717, 1.165) is 12.8 Å². The third kappa shape index (κ3) is 5.69. The number of nitrogens with one attached hydrogen (secondary N) is 2. The second kappa shape index (κ2) is 10.5. The third-order valence-corrected chi connectivity index (χ3v) is 7.77. The minimum absolute atomic E-state index is 0.0314. The van der Waals surface area contributed by atoms with E-state index in [9.17, 15) is 18.8 Å². The Bertz CT molecular complexity index is 1340. The standard InChI is InChI=1S/C26H25ClFN3O4S/c27-23-9-8-22(36-23)26(34)30-20-11-16(12-21(20)35-14-15-4-5-15)25(33)29-19-7-6-17(13-18(19)28)31-10-2-1-3-24(31)32/h1-3,6-10,13,15-16,20-21H,4-5,11-12,14H2,(H,29,33)(H,30,34)/t16-,20-,21-/m0/s1. The van der Waals surface area contributed by atoms with E-state index in [1.807, 2.05) is 0 Å². The van der Waals surface area contributed by atoms with Crippen molar-refractivity contribution in [1.29, 1.82) is 0 Å². The molecule has 0 aliphatic heterocycles. The zero-order valence-electron chi connectivity index (χ0n) is 19.3. The van der Waals surface area contributed by atoms with Crippen molar-refractivity contribution >= 4 is 40.4 Å². The molecule has 7 nitrogen and oxygen atoms in total. The first-order valence-corrected chi connectivity index (χ1v) is 13.0. The summed E-state index contributed by atoms with van der Waals surface area (Å²) in [6.45, 7) is 0.602. The van der Waals surface area contributed by atoms with Crippen molar-refractivity contribution in [2.45, 2.75) is 37.8 Å². The van der Waals surface area contributed by atoms with Crippen LogP contribution in [0.25, 0.3) is 5.69 Å². The molecule has 0 spiro atoms. The fourth-order valence-electron chi connectivity index (χ4n) is 4.40. The van der Waals surface area contributed by atoms with Crippen LogP contribution < -0.4 is 16.2 Å². The lowest BCUT2D eigenvalue weighted by molar-refractivity contribution is -0.120. The molecule has 1 aromatic carbocycles. The van der Waals surface area contributed by atoms with Crippen LogP contribution in [0.5, 0.6) is 0 Å². The summed E-state index contributed by atoms with van der Waals surface area (Å²) >= 11 is 7.15. The number of pyridine rings is 1. The second-order valence-electron chi connectivity index (χ2n) is 9.23. The number of anilines is 1. The smallest absolute Gasteiger partial charge is 0.261 e. The fraction of sp³-hybridized carbons (Fsp3) is 0.346. The molecule has 188 valence electrons. The van der Waals surface area contributed by atoms with Crippen LogP contribution in [0.1, 0.15) is 35.4 Å². The number of aromatic nitrogens is 1. The summed E-state index contributed by atoms with van der Waals surface area (Å²) in [5.41, 5.74) is 0.112. The Hall–Kier alpha value is -3.01.